The molecule has 7 heteroatoms. The number of hydrogen-bond donors (Lipinski definition) is 2. The van der Waals surface area contributed by atoms with Gasteiger partial charge in [-0.15, -0.1) is 0 Å². The van der Waals surface area contributed by atoms with Gasteiger partial charge in [0.25, 0.3) is 5.91 Å². The second-order valence-corrected chi connectivity index (χ2v) is 5.74. The van der Waals surface area contributed by atoms with Crippen LogP contribution in [-0.2, 0) is 9.53 Å². The Morgan fingerprint density at radius 2 is 1.85 bits per heavy atom. The van der Waals surface area contributed by atoms with E-state index >= 15 is 0 Å². The van der Waals surface area contributed by atoms with Crippen LogP contribution in [0, 0.1) is 11.6 Å². The maximum atomic E-state index is 13.7. The topological polar surface area (TPSA) is 72.0 Å². The van der Waals surface area contributed by atoms with Crippen molar-refractivity contribution in [3.8, 4) is 0 Å². The summed E-state index contributed by atoms with van der Waals surface area (Å²) in [5, 5.41) is 4.35. The van der Waals surface area contributed by atoms with Crippen molar-refractivity contribution >= 4 is 17.6 Å². The summed E-state index contributed by atoms with van der Waals surface area (Å²) in [6, 6.07) is 9.38. The minimum atomic E-state index is -0.637. The normalized spacial score (nSPS) is 11.7. The number of carbonyl (C=O) groups is 2. The molecule has 2 aromatic carbocycles. The van der Waals surface area contributed by atoms with Crippen molar-refractivity contribution in [2.75, 3.05) is 18.5 Å². The van der Waals surface area contributed by atoms with E-state index in [9.17, 15) is 18.4 Å². The summed E-state index contributed by atoms with van der Waals surface area (Å²) in [5.41, 5.74) is 1.27. The number of hydrogen-bond acceptors (Lipinski definition) is 3. The highest BCUT2D eigenvalue weighted by molar-refractivity contribution is 5.93. The maximum absolute atomic E-state index is 13.7. The minimum absolute atomic E-state index is 0.0671. The SMILES string of the molecule is CCOC(=O)c1ccc(NC(=O)C[NH2+][C@H](C)c2ccc(F)cc2F)cc1. The van der Waals surface area contributed by atoms with E-state index in [1.807, 2.05) is 0 Å². The van der Waals surface area contributed by atoms with E-state index in [-0.39, 0.29) is 18.5 Å². The Bertz CT molecular complexity index is 779. The molecule has 0 aliphatic carbocycles. The number of amides is 1. The molecule has 2 rings (SSSR count). The van der Waals surface area contributed by atoms with Crippen LogP contribution in [0.3, 0.4) is 0 Å². The van der Waals surface area contributed by atoms with Crippen LogP contribution in [0.5, 0.6) is 0 Å². The highest BCUT2D eigenvalue weighted by Gasteiger charge is 2.16. The van der Waals surface area contributed by atoms with Gasteiger partial charge in [0.2, 0.25) is 0 Å². The number of esters is 1. The number of benzene rings is 2. The molecule has 0 saturated heterocycles. The predicted molar refractivity (Wildman–Crippen MR) is 92.6 cm³/mol. The number of nitrogens with two attached hydrogens (primary N) is 1. The molecule has 0 saturated carbocycles. The lowest BCUT2D eigenvalue weighted by Crippen LogP contribution is -2.86. The van der Waals surface area contributed by atoms with Gasteiger partial charge < -0.3 is 15.4 Å². The molecule has 0 unspecified atom stereocenters. The van der Waals surface area contributed by atoms with Crippen LogP contribution in [0.1, 0.15) is 35.8 Å². The standard InChI is InChI=1S/C19H20F2N2O3/c1-3-26-19(25)13-4-7-15(8-5-13)23-18(24)11-22-12(2)16-9-6-14(20)10-17(16)21/h4-10,12,22H,3,11H2,1-2H3,(H,23,24)/p+1/t12-/m1/s1. The summed E-state index contributed by atoms with van der Waals surface area (Å²) in [6.45, 7) is 3.82. The molecule has 0 radical (unpaired) electrons. The molecular formula is C19H21F2N2O3+. The molecular weight excluding hydrogens is 342 g/mol. The van der Waals surface area contributed by atoms with Crippen molar-refractivity contribution in [1.82, 2.24) is 0 Å². The number of nitrogens with one attached hydrogen (secondary N) is 1. The first-order chi connectivity index (χ1) is 12.4. The molecule has 0 heterocycles. The van der Waals surface area contributed by atoms with Gasteiger partial charge in [-0.3, -0.25) is 4.79 Å². The van der Waals surface area contributed by atoms with Crippen molar-refractivity contribution in [3.63, 3.8) is 0 Å². The van der Waals surface area contributed by atoms with Gasteiger partial charge in [0.1, 0.15) is 17.7 Å². The molecule has 2 aromatic rings. The number of rotatable bonds is 7. The zero-order valence-corrected chi connectivity index (χ0v) is 14.6. The van der Waals surface area contributed by atoms with Gasteiger partial charge in [-0.2, -0.15) is 0 Å². The molecule has 0 bridgehead atoms. The number of quaternary nitrogens is 1. The van der Waals surface area contributed by atoms with E-state index in [2.05, 4.69) is 5.32 Å². The first kappa shape index (κ1) is 19.5. The largest absolute Gasteiger partial charge is 0.462 e. The lowest BCUT2D eigenvalue weighted by atomic mass is 10.1. The summed E-state index contributed by atoms with van der Waals surface area (Å²) >= 11 is 0. The molecule has 0 fully saturated rings. The fraction of sp³-hybridized carbons (Fsp3) is 0.263. The van der Waals surface area contributed by atoms with Crippen LogP contribution in [0.2, 0.25) is 0 Å². The van der Waals surface area contributed by atoms with Crippen LogP contribution >= 0.6 is 0 Å². The van der Waals surface area contributed by atoms with E-state index < -0.39 is 17.6 Å². The lowest BCUT2D eigenvalue weighted by Gasteiger charge is -2.12. The minimum Gasteiger partial charge on any atom is -0.462 e. The highest BCUT2D eigenvalue weighted by atomic mass is 19.1. The molecule has 5 nitrogen and oxygen atoms in total. The smallest absolute Gasteiger partial charge is 0.338 e. The number of halogens is 2. The summed E-state index contributed by atoms with van der Waals surface area (Å²) in [7, 11) is 0. The average Bonchev–Trinajstić information content (AvgIpc) is 2.60. The second kappa shape index (κ2) is 9.05. The van der Waals surface area contributed by atoms with Crippen molar-refractivity contribution in [1.29, 1.82) is 0 Å². The zero-order valence-electron chi connectivity index (χ0n) is 14.6. The molecule has 138 valence electrons. The predicted octanol–water partition coefficient (Wildman–Crippen LogP) is 2.40. The van der Waals surface area contributed by atoms with E-state index in [1.165, 1.54) is 12.1 Å². The number of anilines is 1. The molecule has 3 N–H and O–H groups in total. The third kappa shape index (κ3) is 5.35. The van der Waals surface area contributed by atoms with E-state index in [0.717, 1.165) is 6.07 Å². The molecule has 0 aliphatic rings. The molecule has 0 spiro atoms. The van der Waals surface area contributed by atoms with E-state index in [1.54, 1.807) is 43.4 Å². The maximum Gasteiger partial charge on any atom is 0.338 e. The molecule has 0 aliphatic heterocycles. The Morgan fingerprint density at radius 3 is 2.46 bits per heavy atom. The Balaban J connectivity index is 1.87. The van der Waals surface area contributed by atoms with Gasteiger partial charge in [-0.05, 0) is 50.2 Å². The van der Waals surface area contributed by atoms with Crippen LogP contribution in [0.4, 0.5) is 14.5 Å². The third-order valence-corrected chi connectivity index (χ3v) is 3.79. The van der Waals surface area contributed by atoms with Crippen molar-refractivity contribution < 1.29 is 28.4 Å². The van der Waals surface area contributed by atoms with Gasteiger partial charge in [0.15, 0.2) is 6.54 Å². The van der Waals surface area contributed by atoms with Crippen LogP contribution in [-0.4, -0.2) is 25.0 Å². The zero-order chi connectivity index (χ0) is 19.1. The third-order valence-electron chi connectivity index (χ3n) is 3.79. The Hall–Kier alpha value is -2.80. The molecule has 26 heavy (non-hydrogen) atoms. The molecule has 1 amide bonds. The first-order valence-corrected chi connectivity index (χ1v) is 8.26. The summed E-state index contributed by atoms with van der Waals surface area (Å²) in [5.74, 6) is -1.97. The van der Waals surface area contributed by atoms with Crippen molar-refractivity contribution in [3.05, 3.63) is 65.2 Å². The Kier molecular flexibility index (Phi) is 6.80. The monoisotopic (exact) mass is 363 g/mol. The van der Waals surface area contributed by atoms with Gasteiger partial charge in [0, 0.05) is 17.3 Å². The van der Waals surface area contributed by atoms with E-state index in [4.69, 9.17) is 4.74 Å². The number of ether oxygens (including phenoxy) is 1. The van der Waals surface area contributed by atoms with E-state index in [0.29, 0.717) is 23.4 Å². The van der Waals surface area contributed by atoms with Crippen molar-refractivity contribution in [2.45, 2.75) is 19.9 Å². The van der Waals surface area contributed by atoms with Gasteiger partial charge in [-0.25, -0.2) is 13.6 Å². The second-order valence-electron chi connectivity index (χ2n) is 5.74. The van der Waals surface area contributed by atoms with Crippen LogP contribution in [0.15, 0.2) is 42.5 Å². The fourth-order valence-electron chi connectivity index (χ4n) is 2.40. The van der Waals surface area contributed by atoms with Crippen molar-refractivity contribution in [2.24, 2.45) is 0 Å². The van der Waals surface area contributed by atoms with Gasteiger partial charge >= 0.3 is 5.97 Å². The van der Waals surface area contributed by atoms with Crippen LogP contribution < -0.4 is 10.6 Å². The van der Waals surface area contributed by atoms with Gasteiger partial charge in [-0.1, -0.05) is 0 Å². The first-order valence-electron chi connectivity index (χ1n) is 8.26. The number of carbonyl (C=O) groups excluding carboxylic acids is 2. The summed E-state index contributed by atoms with van der Waals surface area (Å²) in [6.07, 6.45) is 0. The van der Waals surface area contributed by atoms with Gasteiger partial charge in [0.05, 0.1) is 12.2 Å². The quantitative estimate of drug-likeness (QED) is 0.742. The highest BCUT2D eigenvalue weighted by Crippen LogP contribution is 2.15. The molecule has 0 aromatic heterocycles. The Morgan fingerprint density at radius 1 is 1.15 bits per heavy atom. The Labute approximate surface area is 150 Å². The fourth-order valence-corrected chi connectivity index (χ4v) is 2.40. The molecule has 1 atom stereocenters. The average molecular weight is 363 g/mol. The summed E-state index contributed by atoms with van der Waals surface area (Å²) in [4.78, 5) is 23.6. The lowest BCUT2D eigenvalue weighted by molar-refractivity contribution is -0.682. The van der Waals surface area contributed by atoms with Crippen LogP contribution in [0.25, 0.3) is 0 Å². The summed E-state index contributed by atoms with van der Waals surface area (Å²) < 4.78 is 31.6.